The molecule has 2 aliphatic rings. The van der Waals surface area contributed by atoms with Gasteiger partial charge in [0.15, 0.2) is 0 Å². The molecule has 0 radical (unpaired) electrons. The maximum absolute atomic E-state index is 5.90. The van der Waals surface area contributed by atoms with Crippen LogP contribution in [-0.4, -0.2) is 12.7 Å². The Kier molecular flexibility index (Phi) is 2.64. The van der Waals surface area contributed by atoms with Crippen LogP contribution >= 0.6 is 0 Å². The predicted molar refractivity (Wildman–Crippen MR) is 54.7 cm³/mol. The van der Waals surface area contributed by atoms with Gasteiger partial charge in [-0.25, -0.2) is 0 Å². The fourth-order valence-electron chi connectivity index (χ4n) is 3.28. The highest BCUT2D eigenvalue weighted by molar-refractivity contribution is 4.95. The molecule has 1 saturated carbocycles. The number of ether oxygens (including phenoxy) is 1. The largest absolute Gasteiger partial charge is 0.378 e. The predicted octanol–water partition coefficient (Wildman–Crippen LogP) is 3.38. The van der Waals surface area contributed by atoms with Crippen LogP contribution in [-0.2, 0) is 4.74 Å². The van der Waals surface area contributed by atoms with Crippen LogP contribution in [0.1, 0.15) is 52.4 Å². The van der Waals surface area contributed by atoms with Crippen LogP contribution in [0.3, 0.4) is 0 Å². The van der Waals surface area contributed by atoms with Gasteiger partial charge in [-0.05, 0) is 25.2 Å². The average molecular weight is 182 g/mol. The van der Waals surface area contributed by atoms with E-state index in [4.69, 9.17) is 4.74 Å². The molecule has 1 aliphatic carbocycles. The van der Waals surface area contributed by atoms with Crippen molar-refractivity contribution in [2.24, 2.45) is 11.3 Å². The summed E-state index contributed by atoms with van der Waals surface area (Å²) in [4.78, 5) is 0. The van der Waals surface area contributed by atoms with Crippen molar-refractivity contribution in [3.63, 3.8) is 0 Å². The Labute approximate surface area is 81.9 Å². The van der Waals surface area contributed by atoms with Crippen LogP contribution in [0.25, 0.3) is 0 Å². The first-order chi connectivity index (χ1) is 6.26. The van der Waals surface area contributed by atoms with Gasteiger partial charge in [0.05, 0.1) is 6.10 Å². The third-order valence-corrected chi connectivity index (χ3v) is 4.29. The summed E-state index contributed by atoms with van der Waals surface area (Å²) in [5, 5.41) is 0. The zero-order valence-electron chi connectivity index (χ0n) is 9.01. The molecule has 2 rings (SSSR count). The molecule has 1 heteroatoms. The van der Waals surface area contributed by atoms with Crippen LogP contribution in [0.4, 0.5) is 0 Å². The Bertz CT molecular complexity index is 176. The Morgan fingerprint density at radius 3 is 2.77 bits per heavy atom. The normalized spacial score (nSPS) is 40.4. The first kappa shape index (κ1) is 9.51. The highest BCUT2D eigenvalue weighted by Crippen LogP contribution is 2.49. The van der Waals surface area contributed by atoms with Crippen molar-refractivity contribution in [3.8, 4) is 0 Å². The second-order valence-electron chi connectivity index (χ2n) is 5.10. The Morgan fingerprint density at radius 1 is 1.15 bits per heavy atom. The lowest BCUT2D eigenvalue weighted by molar-refractivity contribution is 0.0183. The van der Waals surface area contributed by atoms with Crippen molar-refractivity contribution in [3.05, 3.63) is 0 Å². The first-order valence-corrected chi connectivity index (χ1v) is 5.87. The quantitative estimate of drug-likeness (QED) is 0.604. The van der Waals surface area contributed by atoms with Gasteiger partial charge >= 0.3 is 0 Å². The van der Waals surface area contributed by atoms with E-state index >= 15 is 0 Å². The van der Waals surface area contributed by atoms with E-state index in [2.05, 4.69) is 13.8 Å². The molecule has 76 valence electrons. The molecular formula is C12H22O. The summed E-state index contributed by atoms with van der Waals surface area (Å²) < 4.78 is 5.90. The van der Waals surface area contributed by atoms with Crippen LogP contribution in [0.15, 0.2) is 0 Å². The van der Waals surface area contributed by atoms with Gasteiger partial charge in [0, 0.05) is 12.0 Å². The minimum absolute atomic E-state index is 0.552. The Balaban J connectivity index is 2.17. The number of hydrogen-bond acceptors (Lipinski definition) is 1. The zero-order chi connectivity index (χ0) is 9.31. The average Bonchev–Trinajstić information content (AvgIpc) is 2.40. The maximum Gasteiger partial charge on any atom is 0.0634 e. The molecule has 1 saturated heterocycles. The minimum Gasteiger partial charge on any atom is -0.378 e. The summed E-state index contributed by atoms with van der Waals surface area (Å²) >= 11 is 0. The van der Waals surface area contributed by atoms with Crippen molar-refractivity contribution >= 4 is 0 Å². The molecule has 0 aromatic rings. The summed E-state index contributed by atoms with van der Waals surface area (Å²) in [6.07, 6.45) is 8.88. The van der Waals surface area contributed by atoms with Gasteiger partial charge in [-0.1, -0.05) is 33.1 Å². The lowest BCUT2D eigenvalue weighted by Crippen LogP contribution is -2.35. The van der Waals surface area contributed by atoms with E-state index in [1.807, 2.05) is 0 Å². The van der Waals surface area contributed by atoms with E-state index in [0.29, 0.717) is 11.5 Å². The van der Waals surface area contributed by atoms with E-state index in [-0.39, 0.29) is 0 Å². The van der Waals surface area contributed by atoms with E-state index < -0.39 is 0 Å². The third-order valence-electron chi connectivity index (χ3n) is 4.29. The molecule has 0 aromatic heterocycles. The SMILES string of the molecule is CC(C)C12CCCCCC1OCC2. The lowest BCUT2D eigenvalue weighted by Gasteiger charge is -2.36. The van der Waals surface area contributed by atoms with Crippen LogP contribution in [0.5, 0.6) is 0 Å². The molecule has 0 aromatic carbocycles. The van der Waals surface area contributed by atoms with E-state index in [1.165, 1.54) is 38.5 Å². The van der Waals surface area contributed by atoms with Crippen LogP contribution < -0.4 is 0 Å². The van der Waals surface area contributed by atoms with Gasteiger partial charge < -0.3 is 4.74 Å². The molecule has 1 nitrogen and oxygen atoms in total. The number of fused-ring (bicyclic) bond motifs is 1. The van der Waals surface area contributed by atoms with E-state index in [9.17, 15) is 0 Å². The zero-order valence-corrected chi connectivity index (χ0v) is 9.01. The van der Waals surface area contributed by atoms with E-state index in [1.54, 1.807) is 0 Å². The molecule has 2 fully saturated rings. The van der Waals surface area contributed by atoms with E-state index in [0.717, 1.165) is 12.5 Å². The molecule has 2 unspecified atom stereocenters. The Morgan fingerprint density at radius 2 is 2.00 bits per heavy atom. The fraction of sp³-hybridized carbons (Fsp3) is 1.00. The maximum atomic E-state index is 5.90. The second kappa shape index (κ2) is 3.61. The molecule has 1 aliphatic heterocycles. The molecular weight excluding hydrogens is 160 g/mol. The van der Waals surface area contributed by atoms with Crippen molar-refractivity contribution in [2.45, 2.75) is 58.5 Å². The van der Waals surface area contributed by atoms with Gasteiger partial charge in [-0.3, -0.25) is 0 Å². The van der Waals surface area contributed by atoms with Crippen LogP contribution in [0, 0.1) is 11.3 Å². The van der Waals surface area contributed by atoms with Crippen molar-refractivity contribution in [2.75, 3.05) is 6.61 Å². The van der Waals surface area contributed by atoms with Crippen molar-refractivity contribution in [1.29, 1.82) is 0 Å². The molecule has 1 heterocycles. The summed E-state index contributed by atoms with van der Waals surface area (Å²) in [5.41, 5.74) is 0.552. The standard InChI is InChI=1S/C12H22O/c1-10(2)12-7-5-3-4-6-11(12)13-9-8-12/h10-11H,3-9H2,1-2H3. The molecule has 13 heavy (non-hydrogen) atoms. The van der Waals surface area contributed by atoms with Gasteiger partial charge in [0.25, 0.3) is 0 Å². The van der Waals surface area contributed by atoms with Gasteiger partial charge in [0.1, 0.15) is 0 Å². The second-order valence-corrected chi connectivity index (χ2v) is 5.10. The topological polar surface area (TPSA) is 9.23 Å². The minimum atomic E-state index is 0.552. The monoisotopic (exact) mass is 182 g/mol. The van der Waals surface area contributed by atoms with Gasteiger partial charge in [-0.2, -0.15) is 0 Å². The lowest BCUT2D eigenvalue weighted by atomic mass is 9.69. The smallest absolute Gasteiger partial charge is 0.0634 e. The summed E-state index contributed by atoms with van der Waals surface area (Å²) in [6, 6.07) is 0. The molecule has 2 atom stereocenters. The van der Waals surface area contributed by atoms with Crippen molar-refractivity contribution in [1.82, 2.24) is 0 Å². The first-order valence-electron chi connectivity index (χ1n) is 5.87. The van der Waals surface area contributed by atoms with Gasteiger partial charge in [0.2, 0.25) is 0 Å². The highest BCUT2D eigenvalue weighted by Gasteiger charge is 2.46. The summed E-state index contributed by atoms with van der Waals surface area (Å²) in [7, 11) is 0. The Hall–Kier alpha value is -0.0400. The summed E-state index contributed by atoms with van der Waals surface area (Å²) in [6.45, 7) is 5.78. The molecule has 0 bridgehead atoms. The summed E-state index contributed by atoms with van der Waals surface area (Å²) in [5.74, 6) is 0.804. The highest BCUT2D eigenvalue weighted by atomic mass is 16.5. The third kappa shape index (κ3) is 1.52. The molecule has 0 spiro atoms. The molecule has 0 amide bonds. The number of hydrogen-bond donors (Lipinski definition) is 0. The van der Waals surface area contributed by atoms with Crippen molar-refractivity contribution < 1.29 is 4.74 Å². The van der Waals surface area contributed by atoms with Gasteiger partial charge in [-0.15, -0.1) is 0 Å². The number of rotatable bonds is 1. The van der Waals surface area contributed by atoms with Crippen LogP contribution in [0.2, 0.25) is 0 Å². The molecule has 0 N–H and O–H groups in total. The fourth-order valence-corrected chi connectivity index (χ4v) is 3.28.